The van der Waals surface area contributed by atoms with Crippen LogP contribution in [0.4, 0.5) is 13.2 Å². The Balaban J connectivity index is 1.72. The molecule has 2 aromatic carbocycles. The second-order valence-electron chi connectivity index (χ2n) is 7.62. The van der Waals surface area contributed by atoms with Crippen molar-refractivity contribution >= 4 is 16.6 Å². The summed E-state index contributed by atoms with van der Waals surface area (Å²) in [6.45, 7) is 1.77. The van der Waals surface area contributed by atoms with Gasteiger partial charge in [0.2, 0.25) is 0 Å². The number of H-pyrrole nitrogens is 1. The summed E-state index contributed by atoms with van der Waals surface area (Å²) >= 11 is 0. The fourth-order valence-corrected chi connectivity index (χ4v) is 4.27. The molecule has 2 N–H and O–H groups in total. The van der Waals surface area contributed by atoms with Gasteiger partial charge in [0.25, 0.3) is 5.56 Å². The third-order valence-electron chi connectivity index (χ3n) is 5.74. The number of rotatable bonds is 2. The first-order chi connectivity index (χ1) is 14.4. The van der Waals surface area contributed by atoms with E-state index in [4.69, 9.17) is 5.10 Å². The van der Waals surface area contributed by atoms with Crippen molar-refractivity contribution in [1.29, 1.82) is 0 Å². The summed E-state index contributed by atoms with van der Waals surface area (Å²) in [6, 6.07) is 12.2. The van der Waals surface area contributed by atoms with Gasteiger partial charge in [-0.2, -0.15) is 18.3 Å². The molecule has 1 fully saturated rings. The topological polar surface area (TPSA) is 62.2 Å². The van der Waals surface area contributed by atoms with E-state index in [1.165, 1.54) is 12.1 Å². The van der Waals surface area contributed by atoms with Crippen molar-refractivity contribution in [2.24, 2.45) is 0 Å². The second-order valence-corrected chi connectivity index (χ2v) is 7.62. The molecule has 0 unspecified atom stereocenters. The molecule has 0 atom stereocenters. The molecule has 0 aliphatic carbocycles. The van der Waals surface area contributed by atoms with Gasteiger partial charge in [0.15, 0.2) is 0 Å². The zero-order valence-corrected chi connectivity index (χ0v) is 16.0. The fourth-order valence-electron chi connectivity index (χ4n) is 4.27. The number of hydrogen-bond acceptors (Lipinski definition) is 3. The van der Waals surface area contributed by atoms with E-state index in [0.717, 1.165) is 54.7 Å². The first-order valence-electron chi connectivity index (χ1n) is 9.85. The van der Waals surface area contributed by atoms with Crippen LogP contribution in [-0.4, -0.2) is 27.7 Å². The quantitative estimate of drug-likeness (QED) is 0.515. The summed E-state index contributed by atoms with van der Waals surface area (Å²) in [5.74, 6) is 0.222. The molecule has 8 heteroatoms. The van der Waals surface area contributed by atoms with E-state index >= 15 is 0 Å². The Hall–Kier alpha value is -3.13. The molecule has 2 aromatic heterocycles. The summed E-state index contributed by atoms with van der Waals surface area (Å²) in [7, 11) is 0. The Morgan fingerprint density at radius 1 is 1.03 bits per heavy atom. The van der Waals surface area contributed by atoms with Crippen molar-refractivity contribution in [2.45, 2.75) is 24.9 Å². The summed E-state index contributed by atoms with van der Waals surface area (Å²) < 4.78 is 40.6. The normalized spacial score (nSPS) is 15.8. The highest BCUT2D eigenvalue weighted by Gasteiger charge is 2.30. The molecule has 3 heterocycles. The van der Waals surface area contributed by atoms with Crippen molar-refractivity contribution in [3.05, 3.63) is 70.1 Å². The van der Waals surface area contributed by atoms with E-state index in [9.17, 15) is 18.0 Å². The smallest absolute Gasteiger partial charge is 0.317 e. The number of fused-ring (bicyclic) bond motifs is 3. The van der Waals surface area contributed by atoms with Crippen molar-refractivity contribution in [3.8, 4) is 11.1 Å². The van der Waals surface area contributed by atoms with E-state index in [2.05, 4.69) is 10.3 Å². The van der Waals surface area contributed by atoms with Crippen molar-refractivity contribution < 1.29 is 13.2 Å². The number of nitrogens with one attached hydrogen (secondary N) is 2. The Morgan fingerprint density at radius 2 is 1.77 bits per heavy atom. The maximum Gasteiger partial charge on any atom is 0.416 e. The van der Waals surface area contributed by atoms with Crippen LogP contribution in [0.2, 0.25) is 0 Å². The zero-order valence-electron chi connectivity index (χ0n) is 16.0. The Morgan fingerprint density at radius 3 is 2.47 bits per heavy atom. The van der Waals surface area contributed by atoms with Crippen LogP contribution in [0.3, 0.4) is 0 Å². The number of piperidine rings is 1. The van der Waals surface area contributed by atoms with E-state index in [0.29, 0.717) is 16.7 Å². The van der Waals surface area contributed by atoms with Gasteiger partial charge in [0, 0.05) is 12.0 Å². The minimum absolute atomic E-state index is 0.208. The Bertz CT molecular complexity index is 1280. The van der Waals surface area contributed by atoms with Gasteiger partial charge < -0.3 is 10.3 Å². The fraction of sp³-hybridized carbons (Fsp3) is 0.273. The lowest BCUT2D eigenvalue weighted by molar-refractivity contribution is -0.137. The minimum Gasteiger partial charge on any atom is -0.317 e. The van der Waals surface area contributed by atoms with Crippen LogP contribution >= 0.6 is 0 Å². The lowest BCUT2D eigenvalue weighted by atomic mass is 9.94. The highest BCUT2D eigenvalue weighted by atomic mass is 19.4. The van der Waals surface area contributed by atoms with Gasteiger partial charge in [-0.05, 0) is 55.3 Å². The Labute approximate surface area is 169 Å². The monoisotopic (exact) mass is 412 g/mol. The second kappa shape index (κ2) is 6.98. The van der Waals surface area contributed by atoms with Gasteiger partial charge >= 0.3 is 6.18 Å². The predicted molar refractivity (Wildman–Crippen MR) is 109 cm³/mol. The molecular weight excluding hydrogens is 393 g/mol. The number of nitrogens with zero attached hydrogens (tertiary/aromatic N) is 2. The molecule has 0 amide bonds. The molecule has 0 saturated carbocycles. The van der Waals surface area contributed by atoms with E-state index < -0.39 is 11.7 Å². The molecule has 4 aromatic rings. The van der Waals surface area contributed by atoms with E-state index in [1.807, 2.05) is 18.2 Å². The van der Waals surface area contributed by atoms with Crippen LogP contribution in [0.25, 0.3) is 27.7 Å². The largest absolute Gasteiger partial charge is 0.416 e. The predicted octanol–water partition coefficient (Wildman–Crippen LogP) is 4.33. The van der Waals surface area contributed by atoms with E-state index in [-0.39, 0.29) is 11.5 Å². The van der Waals surface area contributed by atoms with Gasteiger partial charge in [0.1, 0.15) is 5.65 Å². The van der Waals surface area contributed by atoms with Gasteiger partial charge in [-0.1, -0.05) is 24.3 Å². The first kappa shape index (κ1) is 18.9. The Kier molecular flexibility index (Phi) is 4.39. The number of aromatic nitrogens is 3. The number of halogens is 3. The summed E-state index contributed by atoms with van der Waals surface area (Å²) in [5, 5.41) is 8.77. The molecule has 1 aliphatic rings. The third-order valence-corrected chi connectivity index (χ3v) is 5.74. The van der Waals surface area contributed by atoms with Crippen molar-refractivity contribution in [1.82, 2.24) is 19.9 Å². The highest BCUT2D eigenvalue weighted by Crippen LogP contribution is 2.35. The number of hydrogen-bond donors (Lipinski definition) is 2. The van der Waals surface area contributed by atoms with Gasteiger partial charge in [-0.15, -0.1) is 0 Å². The molecule has 0 spiro atoms. The number of aromatic amines is 1. The lowest BCUT2D eigenvalue weighted by Crippen LogP contribution is -2.28. The molecule has 154 valence electrons. The molecule has 5 nitrogen and oxygen atoms in total. The van der Waals surface area contributed by atoms with Crippen LogP contribution in [0.15, 0.2) is 53.3 Å². The van der Waals surface area contributed by atoms with Crippen LogP contribution in [0.1, 0.15) is 30.0 Å². The maximum atomic E-state index is 12.9. The molecule has 30 heavy (non-hydrogen) atoms. The molecular formula is C22H19F3N4O. The molecule has 0 radical (unpaired) electrons. The molecule has 1 aliphatic heterocycles. The average Bonchev–Trinajstić information content (AvgIpc) is 3.12. The van der Waals surface area contributed by atoms with Crippen molar-refractivity contribution in [2.75, 3.05) is 13.1 Å². The molecule has 1 saturated heterocycles. The van der Waals surface area contributed by atoms with Gasteiger partial charge in [-0.3, -0.25) is 4.79 Å². The van der Waals surface area contributed by atoms with Crippen molar-refractivity contribution in [3.63, 3.8) is 0 Å². The third kappa shape index (κ3) is 3.17. The zero-order chi connectivity index (χ0) is 20.9. The summed E-state index contributed by atoms with van der Waals surface area (Å²) in [6.07, 6.45) is -2.55. The number of alkyl halides is 3. The standard InChI is InChI=1S/C22H19F3N4O/c23-22(24,25)15-6-4-13(5-7-15)16-2-1-3-17-20(16)21-27-19(30)12-18(29(21)28-17)14-8-10-26-11-9-14/h1-7,12,14,26H,8-11H2,(H,27,30). The lowest BCUT2D eigenvalue weighted by Gasteiger charge is -2.23. The van der Waals surface area contributed by atoms with Crippen LogP contribution in [0, 0.1) is 0 Å². The highest BCUT2D eigenvalue weighted by molar-refractivity contribution is 6.04. The van der Waals surface area contributed by atoms with Crippen LogP contribution < -0.4 is 10.9 Å². The average molecular weight is 412 g/mol. The van der Waals surface area contributed by atoms with Gasteiger partial charge in [0.05, 0.1) is 22.2 Å². The first-order valence-corrected chi connectivity index (χ1v) is 9.85. The number of benzene rings is 2. The summed E-state index contributed by atoms with van der Waals surface area (Å²) in [5.41, 5.74) is 2.58. The SMILES string of the molecule is O=c1cc(C2CCNCC2)n2nc3cccc(-c4ccc(C(F)(F)F)cc4)c3c2[nH]1. The molecule has 0 bridgehead atoms. The van der Waals surface area contributed by atoms with Crippen LogP contribution in [-0.2, 0) is 6.18 Å². The van der Waals surface area contributed by atoms with E-state index in [1.54, 1.807) is 10.6 Å². The summed E-state index contributed by atoms with van der Waals surface area (Å²) in [4.78, 5) is 15.3. The molecule has 5 rings (SSSR count). The van der Waals surface area contributed by atoms with Gasteiger partial charge in [-0.25, -0.2) is 4.52 Å². The van der Waals surface area contributed by atoms with Crippen LogP contribution in [0.5, 0.6) is 0 Å². The minimum atomic E-state index is -4.38. The maximum absolute atomic E-state index is 12.9.